The molecule has 0 rings (SSSR count). The zero-order valence-corrected chi connectivity index (χ0v) is 13.2. The van der Waals surface area contributed by atoms with Crippen LogP contribution in [0.1, 0.15) is 54.4 Å². The molecule has 0 aliphatic carbocycles. The van der Waals surface area contributed by atoms with E-state index in [0.29, 0.717) is 11.8 Å². The summed E-state index contributed by atoms with van der Waals surface area (Å²) in [5.74, 6) is 1.38. The Morgan fingerprint density at radius 2 is 1.19 bits per heavy atom. The molecule has 2 heteroatoms. The Bertz CT molecular complexity index is 215. The van der Waals surface area contributed by atoms with Gasteiger partial charge in [-0.25, -0.2) is 0 Å². The fraction of sp³-hybridized carbons (Fsp3) is 0.714. The summed E-state index contributed by atoms with van der Waals surface area (Å²) in [6, 6.07) is 0. The molecule has 94 valence electrons. The lowest BCUT2D eigenvalue weighted by Gasteiger charge is -2.16. The molecule has 16 heavy (non-hydrogen) atoms. The third kappa shape index (κ3) is 5.49. The first-order valence-corrected chi connectivity index (χ1v) is 8.42. The second-order valence-corrected chi connectivity index (χ2v) is 6.44. The quantitative estimate of drug-likeness (QED) is 0.494. The molecule has 0 spiro atoms. The Morgan fingerprint density at radius 1 is 0.875 bits per heavy atom. The van der Waals surface area contributed by atoms with Crippen molar-refractivity contribution in [3.8, 4) is 0 Å². The van der Waals surface area contributed by atoms with E-state index in [1.54, 1.807) is 0 Å². The average molecular weight is 258 g/mol. The number of rotatable bonds is 7. The van der Waals surface area contributed by atoms with E-state index in [0.717, 1.165) is 0 Å². The van der Waals surface area contributed by atoms with E-state index < -0.39 is 0 Å². The largest absolute Gasteiger partial charge is 0.0770 e. The minimum atomic E-state index is 0.692. The Labute approximate surface area is 110 Å². The van der Waals surface area contributed by atoms with Gasteiger partial charge in [0.2, 0.25) is 0 Å². The lowest BCUT2D eigenvalue weighted by atomic mass is 10.1. The molecule has 2 atom stereocenters. The maximum Gasteiger partial charge on any atom is -0.00531 e. The van der Waals surface area contributed by atoms with Crippen LogP contribution in [0.2, 0.25) is 0 Å². The van der Waals surface area contributed by atoms with Gasteiger partial charge in [-0.3, -0.25) is 0 Å². The van der Waals surface area contributed by atoms with E-state index in [9.17, 15) is 0 Å². The normalized spacial score (nSPS) is 17.4. The summed E-state index contributed by atoms with van der Waals surface area (Å²) in [7, 11) is 3.88. The molecule has 0 nitrogen and oxygen atoms in total. The van der Waals surface area contributed by atoms with Crippen LogP contribution in [0.4, 0.5) is 0 Å². The van der Waals surface area contributed by atoms with Gasteiger partial charge in [-0.2, -0.15) is 0 Å². The van der Waals surface area contributed by atoms with E-state index in [2.05, 4.69) is 53.7 Å². The standard InChI is InChI=1S/C14H26S2/c1-7-11(5)13(9-3)15-16-14(10-4)12(6)8-2/h9-12H,7-8H2,1-6H3/b13-9-,14-10-. The highest BCUT2D eigenvalue weighted by Crippen LogP contribution is 2.43. The molecule has 0 amide bonds. The number of hydrogen-bond acceptors (Lipinski definition) is 2. The van der Waals surface area contributed by atoms with Crippen molar-refractivity contribution in [2.45, 2.75) is 54.4 Å². The Kier molecular flexibility index (Phi) is 9.34. The van der Waals surface area contributed by atoms with Gasteiger partial charge in [0.05, 0.1) is 0 Å². The predicted molar refractivity (Wildman–Crippen MR) is 81.6 cm³/mol. The monoisotopic (exact) mass is 258 g/mol. The number of allylic oxidation sites excluding steroid dienone is 4. The van der Waals surface area contributed by atoms with Crippen molar-refractivity contribution in [3.05, 3.63) is 22.0 Å². The van der Waals surface area contributed by atoms with Crippen LogP contribution >= 0.6 is 21.6 Å². The van der Waals surface area contributed by atoms with Gasteiger partial charge in [0, 0.05) is 0 Å². The van der Waals surface area contributed by atoms with Crippen LogP contribution in [-0.2, 0) is 0 Å². The van der Waals surface area contributed by atoms with Crippen LogP contribution in [0.3, 0.4) is 0 Å². The fourth-order valence-electron chi connectivity index (χ4n) is 1.33. The molecule has 0 heterocycles. The van der Waals surface area contributed by atoms with Crippen LogP contribution in [0.15, 0.2) is 22.0 Å². The fourth-order valence-corrected chi connectivity index (χ4v) is 4.52. The maximum absolute atomic E-state index is 2.31. The molecule has 0 aliphatic heterocycles. The molecule has 0 saturated carbocycles. The van der Waals surface area contributed by atoms with Crippen LogP contribution in [0.5, 0.6) is 0 Å². The van der Waals surface area contributed by atoms with Gasteiger partial charge in [0.25, 0.3) is 0 Å². The van der Waals surface area contributed by atoms with Crippen molar-refractivity contribution in [3.63, 3.8) is 0 Å². The van der Waals surface area contributed by atoms with Crippen molar-refractivity contribution in [2.24, 2.45) is 11.8 Å². The van der Waals surface area contributed by atoms with E-state index >= 15 is 0 Å². The summed E-state index contributed by atoms with van der Waals surface area (Å²) in [6.45, 7) is 13.4. The smallest absolute Gasteiger partial charge is 0.00531 e. The molecule has 0 N–H and O–H groups in total. The van der Waals surface area contributed by atoms with Gasteiger partial charge in [0.15, 0.2) is 0 Å². The van der Waals surface area contributed by atoms with Crippen molar-refractivity contribution in [1.82, 2.24) is 0 Å². The molecule has 0 bridgehead atoms. The van der Waals surface area contributed by atoms with Crippen LogP contribution in [0.25, 0.3) is 0 Å². The van der Waals surface area contributed by atoms with E-state index in [1.807, 2.05) is 21.6 Å². The van der Waals surface area contributed by atoms with Gasteiger partial charge < -0.3 is 0 Å². The molecule has 0 fully saturated rings. The summed E-state index contributed by atoms with van der Waals surface area (Å²) in [6.07, 6.45) is 6.97. The SMILES string of the molecule is C/C=C(\SS/C(=C\C)C(C)CC)C(C)CC. The molecule has 0 aliphatic rings. The summed E-state index contributed by atoms with van der Waals surface area (Å²) in [4.78, 5) is 3.02. The lowest BCUT2D eigenvalue weighted by Crippen LogP contribution is -1.95. The van der Waals surface area contributed by atoms with Crippen LogP contribution in [-0.4, -0.2) is 0 Å². The molecular weight excluding hydrogens is 232 g/mol. The molecular formula is C14H26S2. The highest BCUT2D eigenvalue weighted by molar-refractivity contribution is 8.79. The van der Waals surface area contributed by atoms with Gasteiger partial charge >= 0.3 is 0 Å². The highest BCUT2D eigenvalue weighted by Gasteiger charge is 2.11. The molecule has 0 aromatic rings. The first-order chi connectivity index (χ1) is 7.60. The molecule has 0 radical (unpaired) electrons. The first-order valence-electron chi connectivity index (χ1n) is 6.27. The molecule has 0 aromatic heterocycles. The van der Waals surface area contributed by atoms with Gasteiger partial charge in [0.1, 0.15) is 0 Å². The zero-order chi connectivity index (χ0) is 12.6. The summed E-state index contributed by atoms with van der Waals surface area (Å²) in [5, 5.41) is 0. The van der Waals surface area contributed by atoms with Gasteiger partial charge in [-0.05, 0) is 48.3 Å². The molecule has 0 saturated heterocycles. The minimum absolute atomic E-state index is 0.692. The lowest BCUT2D eigenvalue weighted by molar-refractivity contribution is 0.686. The van der Waals surface area contributed by atoms with Gasteiger partial charge in [-0.15, -0.1) is 0 Å². The maximum atomic E-state index is 2.31. The van der Waals surface area contributed by atoms with E-state index in [-0.39, 0.29) is 0 Å². The van der Waals surface area contributed by atoms with Gasteiger partial charge in [-0.1, -0.05) is 61.4 Å². The Morgan fingerprint density at radius 3 is 1.38 bits per heavy atom. The third-order valence-corrected chi connectivity index (χ3v) is 6.15. The zero-order valence-electron chi connectivity index (χ0n) is 11.5. The number of hydrogen-bond donors (Lipinski definition) is 0. The van der Waals surface area contributed by atoms with E-state index in [1.165, 1.54) is 22.7 Å². The summed E-state index contributed by atoms with van der Waals surface area (Å²) < 4.78 is 0. The summed E-state index contributed by atoms with van der Waals surface area (Å²) in [5.41, 5.74) is 0. The second-order valence-electron chi connectivity index (χ2n) is 4.17. The molecule has 2 unspecified atom stereocenters. The topological polar surface area (TPSA) is 0 Å². The predicted octanol–water partition coefficient (Wildman–Crippen LogP) is 6.27. The average Bonchev–Trinajstić information content (AvgIpc) is 2.33. The van der Waals surface area contributed by atoms with Crippen molar-refractivity contribution in [1.29, 1.82) is 0 Å². The second kappa shape index (κ2) is 9.23. The van der Waals surface area contributed by atoms with Crippen LogP contribution in [0, 0.1) is 11.8 Å². The van der Waals surface area contributed by atoms with Crippen molar-refractivity contribution >= 4 is 21.6 Å². The first kappa shape index (κ1) is 16.2. The van der Waals surface area contributed by atoms with E-state index in [4.69, 9.17) is 0 Å². The third-order valence-electron chi connectivity index (χ3n) is 3.00. The molecule has 0 aromatic carbocycles. The Hall–Kier alpha value is 0.180. The minimum Gasteiger partial charge on any atom is -0.0770 e. The highest BCUT2D eigenvalue weighted by atomic mass is 33.1. The van der Waals surface area contributed by atoms with Crippen LogP contribution < -0.4 is 0 Å². The summed E-state index contributed by atoms with van der Waals surface area (Å²) >= 11 is 0. The van der Waals surface area contributed by atoms with Crippen molar-refractivity contribution < 1.29 is 0 Å². The van der Waals surface area contributed by atoms with Crippen molar-refractivity contribution in [2.75, 3.05) is 0 Å². The Balaban J connectivity index is 4.31.